The maximum absolute atomic E-state index is 11.2. The highest BCUT2D eigenvalue weighted by Gasteiger charge is 2.45. The monoisotopic (exact) mass is 240 g/mol. The summed E-state index contributed by atoms with van der Waals surface area (Å²) in [6, 6.07) is 3.50. The SMILES string of the molecule is C=CCC(Cc1cccs1)(C(=O)O)C(=O)O. The molecule has 0 aliphatic heterocycles. The van der Waals surface area contributed by atoms with Crippen LogP contribution in [0.2, 0.25) is 0 Å². The van der Waals surface area contributed by atoms with Gasteiger partial charge in [-0.15, -0.1) is 17.9 Å². The quantitative estimate of drug-likeness (QED) is 0.589. The van der Waals surface area contributed by atoms with Gasteiger partial charge in [-0.05, 0) is 17.9 Å². The Bertz CT molecular complexity index is 380. The van der Waals surface area contributed by atoms with Crippen molar-refractivity contribution in [3.8, 4) is 0 Å². The van der Waals surface area contributed by atoms with Crippen LogP contribution in [0.1, 0.15) is 11.3 Å². The largest absolute Gasteiger partial charge is 0.480 e. The predicted octanol–water partition coefficient (Wildman–Crippen LogP) is 2.02. The second-order valence-corrected chi connectivity index (χ2v) is 4.47. The molecule has 0 atom stereocenters. The predicted molar refractivity (Wildman–Crippen MR) is 60.5 cm³/mol. The van der Waals surface area contributed by atoms with Crippen molar-refractivity contribution in [2.45, 2.75) is 12.8 Å². The molecule has 1 heterocycles. The Labute approximate surface area is 96.8 Å². The summed E-state index contributed by atoms with van der Waals surface area (Å²) in [6.07, 6.45) is 1.23. The molecule has 0 saturated carbocycles. The number of allylic oxidation sites excluding steroid dienone is 1. The summed E-state index contributed by atoms with van der Waals surface area (Å²) in [4.78, 5) is 23.1. The van der Waals surface area contributed by atoms with Crippen LogP contribution in [0.4, 0.5) is 0 Å². The van der Waals surface area contributed by atoms with Crippen LogP contribution in [0.5, 0.6) is 0 Å². The fourth-order valence-electron chi connectivity index (χ4n) is 1.45. The molecule has 0 spiro atoms. The molecule has 1 rings (SSSR count). The molecule has 0 bridgehead atoms. The molecule has 86 valence electrons. The molecule has 1 aromatic rings. The average molecular weight is 240 g/mol. The average Bonchev–Trinajstić information content (AvgIpc) is 2.68. The topological polar surface area (TPSA) is 74.6 Å². The van der Waals surface area contributed by atoms with Gasteiger partial charge in [0.25, 0.3) is 0 Å². The molecular formula is C11H12O4S. The van der Waals surface area contributed by atoms with Gasteiger partial charge in [0.1, 0.15) is 0 Å². The van der Waals surface area contributed by atoms with Crippen molar-refractivity contribution in [1.29, 1.82) is 0 Å². The van der Waals surface area contributed by atoms with Crippen molar-refractivity contribution in [3.63, 3.8) is 0 Å². The highest BCUT2D eigenvalue weighted by molar-refractivity contribution is 7.09. The molecule has 5 heteroatoms. The molecule has 0 radical (unpaired) electrons. The fraction of sp³-hybridized carbons (Fsp3) is 0.273. The number of rotatable bonds is 6. The van der Waals surface area contributed by atoms with Crippen LogP contribution in [0.15, 0.2) is 30.2 Å². The van der Waals surface area contributed by atoms with Crippen molar-refractivity contribution in [2.75, 3.05) is 0 Å². The zero-order valence-electron chi connectivity index (χ0n) is 8.55. The molecule has 0 unspecified atom stereocenters. The zero-order chi connectivity index (χ0) is 12.2. The van der Waals surface area contributed by atoms with Crippen LogP contribution in [0, 0.1) is 5.41 Å². The molecule has 0 aliphatic carbocycles. The van der Waals surface area contributed by atoms with E-state index in [-0.39, 0.29) is 12.8 Å². The van der Waals surface area contributed by atoms with Gasteiger partial charge in [0.2, 0.25) is 0 Å². The maximum Gasteiger partial charge on any atom is 0.321 e. The van der Waals surface area contributed by atoms with E-state index in [0.717, 1.165) is 4.88 Å². The van der Waals surface area contributed by atoms with E-state index in [9.17, 15) is 9.59 Å². The van der Waals surface area contributed by atoms with Crippen LogP contribution < -0.4 is 0 Å². The number of aliphatic carboxylic acids is 2. The summed E-state index contributed by atoms with van der Waals surface area (Å²) in [5.74, 6) is -2.65. The Balaban J connectivity index is 3.06. The zero-order valence-corrected chi connectivity index (χ0v) is 9.37. The molecule has 1 aromatic heterocycles. The van der Waals surface area contributed by atoms with Crippen molar-refractivity contribution >= 4 is 23.3 Å². The first-order valence-corrected chi connectivity index (χ1v) is 5.51. The van der Waals surface area contributed by atoms with E-state index in [1.807, 2.05) is 0 Å². The molecule has 0 amide bonds. The third-order valence-corrected chi connectivity index (χ3v) is 3.24. The van der Waals surface area contributed by atoms with Gasteiger partial charge in [-0.2, -0.15) is 0 Å². The van der Waals surface area contributed by atoms with Crippen molar-refractivity contribution in [3.05, 3.63) is 35.0 Å². The van der Waals surface area contributed by atoms with E-state index in [2.05, 4.69) is 6.58 Å². The summed E-state index contributed by atoms with van der Waals surface area (Å²) in [5, 5.41) is 20.0. The Kier molecular flexibility index (Phi) is 3.84. The summed E-state index contributed by atoms with van der Waals surface area (Å²) in [5.41, 5.74) is -1.80. The summed E-state index contributed by atoms with van der Waals surface area (Å²) in [6.45, 7) is 3.42. The summed E-state index contributed by atoms with van der Waals surface area (Å²) in [7, 11) is 0. The molecule has 0 fully saturated rings. The highest BCUT2D eigenvalue weighted by atomic mass is 32.1. The molecule has 0 saturated heterocycles. The summed E-state index contributed by atoms with van der Waals surface area (Å²) < 4.78 is 0. The minimum absolute atomic E-state index is 0.0125. The summed E-state index contributed by atoms with van der Waals surface area (Å²) >= 11 is 1.35. The molecule has 0 aliphatic rings. The van der Waals surface area contributed by atoms with Gasteiger partial charge in [-0.25, -0.2) is 0 Å². The second-order valence-electron chi connectivity index (χ2n) is 3.44. The third kappa shape index (κ3) is 2.30. The van der Waals surface area contributed by atoms with Crippen LogP contribution >= 0.6 is 11.3 Å². The minimum atomic E-state index is -1.80. The van der Waals surface area contributed by atoms with E-state index < -0.39 is 17.4 Å². The Morgan fingerprint density at radius 3 is 2.44 bits per heavy atom. The lowest BCUT2D eigenvalue weighted by Crippen LogP contribution is -2.40. The third-order valence-electron chi connectivity index (χ3n) is 2.37. The number of hydrogen-bond donors (Lipinski definition) is 2. The first-order valence-electron chi connectivity index (χ1n) is 4.63. The van der Waals surface area contributed by atoms with Gasteiger partial charge < -0.3 is 10.2 Å². The maximum atomic E-state index is 11.2. The second kappa shape index (κ2) is 4.94. The van der Waals surface area contributed by atoms with Gasteiger partial charge in [0.15, 0.2) is 5.41 Å². The van der Waals surface area contributed by atoms with Crippen molar-refractivity contribution in [2.24, 2.45) is 5.41 Å². The Morgan fingerprint density at radius 1 is 1.44 bits per heavy atom. The van der Waals surface area contributed by atoms with Crippen molar-refractivity contribution < 1.29 is 19.8 Å². The molecule has 16 heavy (non-hydrogen) atoms. The van der Waals surface area contributed by atoms with Crippen LogP contribution in [0.25, 0.3) is 0 Å². The Morgan fingerprint density at radius 2 is 2.06 bits per heavy atom. The van der Waals surface area contributed by atoms with Gasteiger partial charge in [-0.1, -0.05) is 12.1 Å². The first-order chi connectivity index (χ1) is 7.53. The van der Waals surface area contributed by atoms with E-state index >= 15 is 0 Å². The fourth-order valence-corrected chi connectivity index (χ4v) is 2.27. The smallest absolute Gasteiger partial charge is 0.321 e. The van der Waals surface area contributed by atoms with Gasteiger partial charge in [-0.3, -0.25) is 9.59 Å². The number of carboxylic acids is 2. The standard InChI is InChI=1S/C11H12O4S/c1-2-5-11(9(12)13,10(14)15)7-8-4-3-6-16-8/h2-4,6H,1,5,7H2,(H,12,13)(H,14,15). The molecule has 0 aromatic carbocycles. The lowest BCUT2D eigenvalue weighted by Gasteiger charge is -2.22. The molecular weight excluding hydrogens is 228 g/mol. The van der Waals surface area contributed by atoms with E-state index in [0.29, 0.717) is 0 Å². The van der Waals surface area contributed by atoms with Gasteiger partial charge in [0.05, 0.1) is 0 Å². The minimum Gasteiger partial charge on any atom is -0.480 e. The van der Waals surface area contributed by atoms with Crippen LogP contribution in [-0.2, 0) is 16.0 Å². The highest BCUT2D eigenvalue weighted by Crippen LogP contribution is 2.30. The Hall–Kier alpha value is -1.62. The van der Waals surface area contributed by atoms with Crippen LogP contribution in [0.3, 0.4) is 0 Å². The van der Waals surface area contributed by atoms with Gasteiger partial charge >= 0.3 is 11.9 Å². The number of hydrogen-bond acceptors (Lipinski definition) is 3. The number of thiophene rings is 1. The lowest BCUT2D eigenvalue weighted by atomic mass is 9.80. The number of carboxylic acid groups (broad SMARTS) is 2. The lowest BCUT2D eigenvalue weighted by molar-refractivity contribution is -0.164. The molecule has 4 nitrogen and oxygen atoms in total. The molecule has 2 N–H and O–H groups in total. The number of carbonyl (C=O) groups is 2. The normalized spacial score (nSPS) is 11.0. The van der Waals surface area contributed by atoms with E-state index in [1.165, 1.54) is 17.4 Å². The van der Waals surface area contributed by atoms with E-state index in [4.69, 9.17) is 10.2 Å². The van der Waals surface area contributed by atoms with Gasteiger partial charge in [0, 0.05) is 11.3 Å². The van der Waals surface area contributed by atoms with Crippen LogP contribution in [-0.4, -0.2) is 22.2 Å². The van der Waals surface area contributed by atoms with E-state index in [1.54, 1.807) is 17.5 Å². The first kappa shape index (κ1) is 12.4. The van der Waals surface area contributed by atoms with Crippen molar-refractivity contribution in [1.82, 2.24) is 0 Å².